The Bertz CT molecular complexity index is 676. The molecule has 0 bridgehead atoms. The summed E-state index contributed by atoms with van der Waals surface area (Å²) in [6, 6.07) is 7.79. The van der Waals surface area contributed by atoms with E-state index < -0.39 is 0 Å². The first-order valence-electron chi connectivity index (χ1n) is 8.58. The molecule has 25 heavy (non-hydrogen) atoms. The number of cyclic esters (lactones) is 1. The van der Waals surface area contributed by atoms with Gasteiger partial charge in [0.05, 0.1) is 11.6 Å². The Balaban J connectivity index is 0.000000403. The molecule has 2 rings (SSSR count). The van der Waals surface area contributed by atoms with E-state index in [1.165, 1.54) is 16.7 Å². The van der Waals surface area contributed by atoms with E-state index in [1.807, 2.05) is 66.7 Å². The van der Waals surface area contributed by atoms with Crippen molar-refractivity contribution in [2.75, 3.05) is 0 Å². The number of carbonyl (C=O) groups excluding carboxylic acids is 1. The molecule has 1 aliphatic rings. The number of hydrogen-bond donors (Lipinski definition) is 0. The summed E-state index contributed by atoms with van der Waals surface area (Å²) in [5.74, 6) is -0.133. The minimum Gasteiger partial charge on any atom is -0.456 e. The van der Waals surface area contributed by atoms with Gasteiger partial charge in [-0.05, 0) is 71.2 Å². The van der Waals surface area contributed by atoms with Crippen LogP contribution >= 0.6 is 0 Å². The highest BCUT2D eigenvalue weighted by Gasteiger charge is 2.31. The van der Waals surface area contributed by atoms with Crippen LogP contribution in [0.4, 0.5) is 0 Å². The lowest BCUT2D eigenvalue weighted by molar-refractivity contribution is -0.153. The standard InChI is InChI=1S/C10H16O2.C9H9N.C3H6/c1-5-8-7(2)6-10(3,4)12-9(8)11;1-7-3-4-9(6-10)5-8(7)2;1-3-2/h5-6H2,1-4H3;3-5H,1-2H3;3H,1H2,2H3. The molecule has 0 aromatic heterocycles. The molecule has 0 amide bonds. The highest BCUT2D eigenvalue weighted by molar-refractivity contribution is 5.90. The largest absolute Gasteiger partial charge is 0.456 e. The molecule has 1 aliphatic heterocycles. The monoisotopic (exact) mass is 341 g/mol. The normalized spacial score (nSPS) is 14.9. The highest BCUT2D eigenvalue weighted by Crippen LogP contribution is 2.30. The van der Waals surface area contributed by atoms with Crippen molar-refractivity contribution in [2.45, 2.75) is 66.9 Å². The predicted octanol–water partition coefficient (Wildman–Crippen LogP) is 5.81. The fourth-order valence-corrected chi connectivity index (χ4v) is 2.53. The molecule has 1 aromatic rings. The summed E-state index contributed by atoms with van der Waals surface area (Å²) < 4.78 is 5.25. The van der Waals surface area contributed by atoms with E-state index in [4.69, 9.17) is 10.00 Å². The molecule has 1 heterocycles. The Hall–Kier alpha value is -2.34. The van der Waals surface area contributed by atoms with Gasteiger partial charge in [0.25, 0.3) is 0 Å². The van der Waals surface area contributed by atoms with Crippen molar-refractivity contribution in [3.8, 4) is 6.07 Å². The van der Waals surface area contributed by atoms with Crippen LogP contribution in [0.5, 0.6) is 0 Å². The molecule has 0 spiro atoms. The molecule has 0 fully saturated rings. The Labute approximate surface area is 153 Å². The van der Waals surface area contributed by atoms with Gasteiger partial charge in [-0.3, -0.25) is 0 Å². The maximum absolute atomic E-state index is 11.4. The summed E-state index contributed by atoms with van der Waals surface area (Å²) in [7, 11) is 0. The van der Waals surface area contributed by atoms with E-state index in [2.05, 4.69) is 12.6 Å². The molecule has 0 aliphatic carbocycles. The number of ether oxygens (including phenoxy) is 1. The van der Waals surface area contributed by atoms with E-state index in [0.29, 0.717) is 0 Å². The van der Waals surface area contributed by atoms with Gasteiger partial charge in [-0.15, -0.1) is 6.58 Å². The van der Waals surface area contributed by atoms with Crippen molar-refractivity contribution in [3.63, 3.8) is 0 Å². The van der Waals surface area contributed by atoms with Gasteiger partial charge in [0.15, 0.2) is 0 Å². The van der Waals surface area contributed by atoms with E-state index in [-0.39, 0.29) is 11.6 Å². The first kappa shape index (κ1) is 22.7. The van der Waals surface area contributed by atoms with Crippen LogP contribution in [0, 0.1) is 25.2 Å². The smallest absolute Gasteiger partial charge is 0.334 e. The lowest BCUT2D eigenvalue weighted by Gasteiger charge is -2.31. The molecule has 0 unspecified atom stereocenters. The second-order valence-corrected chi connectivity index (χ2v) is 6.76. The third kappa shape index (κ3) is 7.85. The van der Waals surface area contributed by atoms with Gasteiger partial charge in [0.1, 0.15) is 5.60 Å². The summed E-state index contributed by atoms with van der Waals surface area (Å²) in [6.45, 7) is 17.2. The van der Waals surface area contributed by atoms with Crippen LogP contribution in [0.15, 0.2) is 42.0 Å². The number of nitrogens with zero attached hydrogens (tertiary/aromatic N) is 1. The molecular formula is C22H31NO2. The van der Waals surface area contributed by atoms with Gasteiger partial charge >= 0.3 is 5.97 Å². The van der Waals surface area contributed by atoms with E-state index in [1.54, 1.807) is 6.08 Å². The second kappa shape index (κ2) is 10.5. The average Bonchev–Trinajstić information content (AvgIpc) is 2.50. The molecule has 0 saturated heterocycles. The summed E-state index contributed by atoms with van der Waals surface area (Å²) >= 11 is 0. The number of nitriles is 1. The first-order valence-corrected chi connectivity index (χ1v) is 8.58. The third-order valence-electron chi connectivity index (χ3n) is 3.81. The number of benzene rings is 1. The van der Waals surface area contributed by atoms with Crippen molar-refractivity contribution in [2.24, 2.45) is 0 Å². The predicted molar refractivity (Wildman–Crippen MR) is 104 cm³/mol. The number of rotatable bonds is 1. The zero-order valence-corrected chi connectivity index (χ0v) is 16.7. The number of allylic oxidation sites excluding steroid dienone is 1. The highest BCUT2D eigenvalue weighted by atomic mass is 16.6. The molecule has 0 saturated carbocycles. The molecule has 3 heteroatoms. The Morgan fingerprint density at radius 1 is 1.28 bits per heavy atom. The summed E-state index contributed by atoms with van der Waals surface area (Å²) in [5.41, 5.74) is 4.88. The summed E-state index contributed by atoms with van der Waals surface area (Å²) in [6.07, 6.45) is 3.39. The van der Waals surface area contributed by atoms with Crippen LogP contribution in [-0.4, -0.2) is 11.6 Å². The first-order chi connectivity index (χ1) is 11.6. The van der Waals surface area contributed by atoms with Crippen molar-refractivity contribution in [3.05, 3.63) is 58.7 Å². The van der Waals surface area contributed by atoms with Crippen LogP contribution in [0.25, 0.3) is 0 Å². The van der Waals surface area contributed by atoms with Gasteiger partial charge in [-0.25, -0.2) is 4.79 Å². The van der Waals surface area contributed by atoms with Crippen LogP contribution in [0.2, 0.25) is 0 Å². The summed E-state index contributed by atoms with van der Waals surface area (Å²) in [5, 5.41) is 8.50. The van der Waals surface area contributed by atoms with Gasteiger partial charge in [-0.1, -0.05) is 24.6 Å². The van der Waals surface area contributed by atoms with Crippen LogP contribution in [0.3, 0.4) is 0 Å². The molecular weight excluding hydrogens is 310 g/mol. The maximum Gasteiger partial charge on any atom is 0.334 e. The van der Waals surface area contributed by atoms with Crippen molar-refractivity contribution in [1.82, 2.24) is 0 Å². The Kier molecular flexibility index (Phi) is 9.53. The number of carbonyl (C=O) groups is 1. The Morgan fingerprint density at radius 3 is 2.24 bits per heavy atom. The maximum atomic E-state index is 11.4. The van der Waals surface area contributed by atoms with Crippen LogP contribution in [-0.2, 0) is 9.53 Å². The quantitative estimate of drug-likeness (QED) is 0.478. The van der Waals surface area contributed by atoms with E-state index in [9.17, 15) is 4.79 Å². The zero-order chi connectivity index (χ0) is 19.6. The van der Waals surface area contributed by atoms with Gasteiger partial charge < -0.3 is 4.74 Å². The minimum absolute atomic E-state index is 0.133. The van der Waals surface area contributed by atoms with Gasteiger partial charge in [-0.2, -0.15) is 5.26 Å². The van der Waals surface area contributed by atoms with E-state index in [0.717, 1.165) is 24.0 Å². The fraction of sp³-hybridized carbons (Fsp3) is 0.455. The molecule has 1 aromatic carbocycles. The minimum atomic E-state index is -0.306. The molecule has 136 valence electrons. The Morgan fingerprint density at radius 2 is 1.84 bits per heavy atom. The SMILES string of the molecule is C=CC.CCC1=C(C)CC(C)(C)OC1=O.Cc1ccc(C#N)cc1C. The van der Waals surface area contributed by atoms with Crippen molar-refractivity contribution < 1.29 is 9.53 Å². The zero-order valence-electron chi connectivity index (χ0n) is 16.7. The number of aryl methyl sites for hydroxylation is 2. The molecule has 3 nitrogen and oxygen atoms in total. The number of hydrogen-bond acceptors (Lipinski definition) is 3. The second-order valence-electron chi connectivity index (χ2n) is 6.76. The fourth-order valence-electron chi connectivity index (χ4n) is 2.53. The van der Waals surface area contributed by atoms with Crippen LogP contribution < -0.4 is 0 Å². The topological polar surface area (TPSA) is 50.1 Å². The molecule has 0 atom stereocenters. The van der Waals surface area contributed by atoms with Gasteiger partial charge in [0.2, 0.25) is 0 Å². The third-order valence-corrected chi connectivity index (χ3v) is 3.81. The van der Waals surface area contributed by atoms with Crippen molar-refractivity contribution >= 4 is 5.97 Å². The van der Waals surface area contributed by atoms with Crippen LogP contribution in [0.1, 0.15) is 64.2 Å². The average molecular weight is 341 g/mol. The van der Waals surface area contributed by atoms with E-state index >= 15 is 0 Å². The lowest BCUT2D eigenvalue weighted by atomic mass is 9.91. The molecule has 0 radical (unpaired) electrons. The number of esters is 1. The lowest BCUT2D eigenvalue weighted by Crippen LogP contribution is -2.33. The summed E-state index contributed by atoms with van der Waals surface area (Å²) in [4.78, 5) is 11.4. The van der Waals surface area contributed by atoms with Crippen molar-refractivity contribution in [1.29, 1.82) is 5.26 Å². The van der Waals surface area contributed by atoms with Gasteiger partial charge in [0, 0.05) is 12.0 Å². The molecule has 0 N–H and O–H groups in total.